The molecule has 0 saturated carbocycles. The van der Waals surface area contributed by atoms with E-state index >= 15 is 0 Å². The molecule has 0 bridgehead atoms. The zero-order valence-electron chi connectivity index (χ0n) is 18.9. The van der Waals surface area contributed by atoms with E-state index in [0.29, 0.717) is 48.3 Å². The predicted molar refractivity (Wildman–Crippen MR) is 125 cm³/mol. The van der Waals surface area contributed by atoms with E-state index in [1.54, 1.807) is 11.3 Å². The molecular weight excluding hydrogens is 408 g/mol. The van der Waals surface area contributed by atoms with E-state index in [1.165, 1.54) is 4.88 Å². The number of fused-ring (bicyclic) bond motifs is 1. The van der Waals surface area contributed by atoms with Gasteiger partial charge in [0, 0.05) is 23.5 Å². The lowest BCUT2D eigenvalue weighted by Gasteiger charge is -2.34. The van der Waals surface area contributed by atoms with Crippen LogP contribution in [0, 0.1) is 18.3 Å². The molecule has 1 aromatic heterocycles. The Bertz CT molecular complexity index is 983. The quantitative estimate of drug-likeness (QED) is 0.736. The number of aryl methyl sites for hydroxylation is 1. The summed E-state index contributed by atoms with van der Waals surface area (Å²) in [6.07, 6.45) is 2.93. The Hall–Kier alpha value is -2.18. The standard InChI is InChI=1S/C25H32N2O3S/c1-16-6-5-7-17(14-16)22(28)26-23-21(24(29)27-10-12-30-13-11-27)19-9-8-18(25(2,3)4)15-20(19)31-23/h5-7,14,18H,8-13,15H2,1-4H3,(H,26,28)/t18-/m0/s1. The highest BCUT2D eigenvalue weighted by Crippen LogP contribution is 2.44. The number of hydrogen-bond acceptors (Lipinski definition) is 4. The third kappa shape index (κ3) is 4.70. The van der Waals surface area contributed by atoms with E-state index in [9.17, 15) is 9.59 Å². The number of nitrogens with one attached hydrogen (secondary N) is 1. The summed E-state index contributed by atoms with van der Waals surface area (Å²) in [5, 5.41) is 3.78. The fraction of sp³-hybridized carbons (Fsp3) is 0.520. The largest absolute Gasteiger partial charge is 0.378 e. The monoisotopic (exact) mass is 440 g/mol. The van der Waals surface area contributed by atoms with Crippen LogP contribution in [0.5, 0.6) is 0 Å². The molecule has 2 aliphatic rings. The van der Waals surface area contributed by atoms with Crippen molar-refractivity contribution >= 4 is 28.2 Å². The van der Waals surface area contributed by atoms with Crippen molar-refractivity contribution in [3.8, 4) is 0 Å². The van der Waals surface area contributed by atoms with Gasteiger partial charge in [-0.25, -0.2) is 0 Å². The fourth-order valence-corrected chi connectivity index (χ4v) is 5.84. The van der Waals surface area contributed by atoms with Crippen molar-refractivity contribution in [1.82, 2.24) is 4.90 Å². The molecule has 4 rings (SSSR count). The van der Waals surface area contributed by atoms with E-state index in [4.69, 9.17) is 4.74 Å². The molecule has 1 saturated heterocycles. The van der Waals surface area contributed by atoms with Gasteiger partial charge in [-0.3, -0.25) is 9.59 Å². The fourth-order valence-electron chi connectivity index (χ4n) is 4.53. The van der Waals surface area contributed by atoms with Gasteiger partial charge in [0.05, 0.1) is 18.8 Å². The van der Waals surface area contributed by atoms with Crippen LogP contribution in [0.15, 0.2) is 24.3 Å². The van der Waals surface area contributed by atoms with Crippen molar-refractivity contribution in [3.63, 3.8) is 0 Å². The number of morpholine rings is 1. The lowest BCUT2D eigenvalue weighted by molar-refractivity contribution is 0.0303. The Balaban J connectivity index is 1.68. The summed E-state index contributed by atoms with van der Waals surface area (Å²) >= 11 is 1.59. The number of benzene rings is 1. The van der Waals surface area contributed by atoms with Gasteiger partial charge in [-0.1, -0.05) is 38.5 Å². The van der Waals surface area contributed by atoms with Crippen molar-refractivity contribution in [3.05, 3.63) is 51.4 Å². The summed E-state index contributed by atoms with van der Waals surface area (Å²) in [7, 11) is 0. The van der Waals surface area contributed by atoms with Crippen LogP contribution in [0.1, 0.15) is 63.9 Å². The average molecular weight is 441 g/mol. The van der Waals surface area contributed by atoms with Crippen molar-refractivity contribution in [1.29, 1.82) is 0 Å². The van der Waals surface area contributed by atoms with Crippen LogP contribution in [0.3, 0.4) is 0 Å². The molecule has 1 fully saturated rings. The second-order valence-electron chi connectivity index (χ2n) is 9.74. The molecule has 2 aromatic rings. The van der Waals surface area contributed by atoms with Crippen LogP contribution in [0.4, 0.5) is 5.00 Å². The van der Waals surface area contributed by atoms with Crippen LogP contribution in [-0.4, -0.2) is 43.0 Å². The van der Waals surface area contributed by atoms with Gasteiger partial charge in [-0.15, -0.1) is 11.3 Å². The van der Waals surface area contributed by atoms with Crippen molar-refractivity contribution in [2.75, 3.05) is 31.6 Å². The first-order chi connectivity index (χ1) is 14.7. The molecule has 1 atom stereocenters. The second kappa shape index (κ2) is 8.75. The molecule has 0 spiro atoms. The van der Waals surface area contributed by atoms with Gasteiger partial charge in [0.1, 0.15) is 5.00 Å². The number of hydrogen-bond donors (Lipinski definition) is 1. The maximum Gasteiger partial charge on any atom is 0.257 e. The molecule has 166 valence electrons. The number of thiophene rings is 1. The molecule has 1 aliphatic heterocycles. The van der Waals surface area contributed by atoms with Crippen LogP contribution in [-0.2, 0) is 17.6 Å². The minimum absolute atomic E-state index is 0.0227. The van der Waals surface area contributed by atoms with Crippen molar-refractivity contribution in [2.24, 2.45) is 11.3 Å². The third-order valence-corrected chi connectivity index (χ3v) is 7.68. The Morgan fingerprint density at radius 3 is 2.61 bits per heavy atom. The number of carbonyl (C=O) groups is 2. The van der Waals surface area contributed by atoms with E-state index < -0.39 is 0 Å². The molecule has 1 N–H and O–H groups in total. The summed E-state index contributed by atoms with van der Waals surface area (Å²) in [4.78, 5) is 29.7. The van der Waals surface area contributed by atoms with E-state index in [1.807, 2.05) is 36.1 Å². The van der Waals surface area contributed by atoms with Crippen molar-refractivity contribution in [2.45, 2.75) is 47.0 Å². The summed E-state index contributed by atoms with van der Waals surface area (Å²) < 4.78 is 5.43. The summed E-state index contributed by atoms with van der Waals surface area (Å²) in [5.41, 5.74) is 3.72. The van der Waals surface area contributed by atoms with Crippen LogP contribution in [0.25, 0.3) is 0 Å². The molecule has 1 aliphatic carbocycles. The van der Waals surface area contributed by atoms with E-state index in [2.05, 4.69) is 26.1 Å². The number of amides is 2. The first-order valence-corrected chi connectivity index (χ1v) is 12.0. The second-order valence-corrected chi connectivity index (χ2v) is 10.8. The Morgan fingerprint density at radius 2 is 1.94 bits per heavy atom. The minimum Gasteiger partial charge on any atom is -0.378 e. The zero-order chi connectivity index (χ0) is 22.2. The van der Waals surface area contributed by atoms with Gasteiger partial charge in [0.2, 0.25) is 0 Å². The topological polar surface area (TPSA) is 58.6 Å². The highest BCUT2D eigenvalue weighted by atomic mass is 32.1. The third-order valence-electron chi connectivity index (χ3n) is 6.51. The molecule has 31 heavy (non-hydrogen) atoms. The van der Waals surface area contributed by atoms with Gasteiger partial charge in [-0.05, 0) is 55.2 Å². The van der Waals surface area contributed by atoms with Gasteiger partial charge in [0.25, 0.3) is 11.8 Å². The van der Waals surface area contributed by atoms with E-state index in [-0.39, 0.29) is 17.2 Å². The smallest absolute Gasteiger partial charge is 0.257 e. The molecule has 1 aromatic carbocycles. The summed E-state index contributed by atoms with van der Waals surface area (Å²) in [6, 6.07) is 7.55. The van der Waals surface area contributed by atoms with E-state index in [0.717, 1.165) is 30.4 Å². The number of ether oxygens (including phenoxy) is 1. The first-order valence-electron chi connectivity index (χ1n) is 11.1. The van der Waals surface area contributed by atoms with Crippen LogP contribution < -0.4 is 5.32 Å². The SMILES string of the molecule is Cc1cccc(C(=O)Nc2sc3c(c2C(=O)N2CCOCC2)CC[C@H](C(C)(C)C)C3)c1. The maximum absolute atomic E-state index is 13.5. The van der Waals surface area contributed by atoms with Crippen molar-refractivity contribution < 1.29 is 14.3 Å². The van der Waals surface area contributed by atoms with Crippen LogP contribution in [0.2, 0.25) is 0 Å². The van der Waals surface area contributed by atoms with Gasteiger partial charge in [-0.2, -0.15) is 0 Å². The molecule has 5 nitrogen and oxygen atoms in total. The van der Waals surface area contributed by atoms with Gasteiger partial charge in [0.15, 0.2) is 0 Å². The van der Waals surface area contributed by atoms with Gasteiger partial charge < -0.3 is 15.0 Å². The molecule has 2 amide bonds. The number of carbonyl (C=O) groups excluding carboxylic acids is 2. The van der Waals surface area contributed by atoms with Crippen LogP contribution >= 0.6 is 11.3 Å². The Labute approximate surface area is 188 Å². The Kier molecular flexibility index (Phi) is 6.22. The van der Waals surface area contributed by atoms with Gasteiger partial charge >= 0.3 is 0 Å². The number of rotatable bonds is 3. The normalized spacial score (nSPS) is 19.1. The highest BCUT2D eigenvalue weighted by Gasteiger charge is 2.35. The lowest BCUT2D eigenvalue weighted by atomic mass is 9.72. The molecule has 0 unspecified atom stereocenters. The average Bonchev–Trinajstić information content (AvgIpc) is 3.10. The first kappa shape index (κ1) is 22.0. The Morgan fingerprint density at radius 1 is 1.19 bits per heavy atom. The lowest BCUT2D eigenvalue weighted by Crippen LogP contribution is -2.41. The molecule has 2 heterocycles. The zero-order valence-corrected chi connectivity index (χ0v) is 19.7. The minimum atomic E-state index is -0.161. The molecular formula is C25H32N2O3S. The predicted octanol–water partition coefficient (Wildman–Crippen LogP) is 4.93. The number of anilines is 1. The molecule has 0 radical (unpaired) electrons. The number of nitrogens with zero attached hydrogens (tertiary/aromatic N) is 1. The highest BCUT2D eigenvalue weighted by molar-refractivity contribution is 7.17. The molecule has 6 heteroatoms. The maximum atomic E-state index is 13.5. The summed E-state index contributed by atoms with van der Waals surface area (Å²) in [6.45, 7) is 11.2. The summed E-state index contributed by atoms with van der Waals surface area (Å²) in [5.74, 6) is 0.436.